The van der Waals surface area contributed by atoms with Crippen LogP contribution >= 0.6 is 15.2 Å². The lowest BCUT2D eigenvalue weighted by atomic mass is 10.5. The van der Waals surface area contributed by atoms with E-state index >= 15 is 0 Å². The van der Waals surface area contributed by atoms with Crippen molar-refractivity contribution in [2.24, 2.45) is 0 Å². The van der Waals surface area contributed by atoms with E-state index in [2.05, 4.69) is 15.0 Å². The average molecular weight is 424 g/mol. The molecule has 156 valence electrons. The molecule has 1 aromatic rings. The second kappa shape index (κ2) is 9.54. The molecule has 0 amide bonds. The molecule has 10 nitrogen and oxygen atoms in total. The summed E-state index contributed by atoms with van der Waals surface area (Å²) < 4.78 is 48.5. The van der Waals surface area contributed by atoms with E-state index in [1.807, 2.05) is 0 Å². The van der Waals surface area contributed by atoms with Gasteiger partial charge in [0, 0.05) is 0 Å². The summed E-state index contributed by atoms with van der Waals surface area (Å²) >= 11 is 0. The molecule has 0 saturated heterocycles. The number of aromatic nitrogens is 3. The van der Waals surface area contributed by atoms with Crippen LogP contribution in [-0.4, -0.2) is 39.4 Å². The molecule has 12 heteroatoms. The topological polar surface area (TPSA) is 136 Å². The van der Waals surface area contributed by atoms with Crippen LogP contribution in [0.5, 0.6) is 0 Å². The van der Waals surface area contributed by atoms with Gasteiger partial charge in [0.05, 0.1) is 24.4 Å². The van der Waals surface area contributed by atoms with Crippen molar-refractivity contribution in [1.82, 2.24) is 15.0 Å². The van der Waals surface area contributed by atoms with Gasteiger partial charge in [-0.25, -0.2) is 0 Å². The van der Waals surface area contributed by atoms with Crippen molar-refractivity contribution in [3.63, 3.8) is 0 Å². The van der Waals surface area contributed by atoms with Gasteiger partial charge >= 0.3 is 15.2 Å². The van der Waals surface area contributed by atoms with E-state index in [1.165, 1.54) is 0 Å². The van der Waals surface area contributed by atoms with Gasteiger partial charge < -0.3 is 23.8 Å². The first-order chi connectivity index (χ1) is 12.3. The van der Waals surface area contributed by atoms with Crippen LogP contribution in [0.2, 0.25) is 0 Å². The molecule has 0 spiro atoms. The summed E-state index contributed by atoms with van der Waals surface area (Å²) in [6.07, 6.45) is -1.77. The minimum Gasteiger partial charge on any atom is -0.368 e. The standard InChI is InChI=1S/C15H30N4O6P2/c1-9(2)22-26(20,23-10(3)4)14-17-13(16)18-15(19-14)27(21,24-11(5)6)25-12(7)8/h9-12H,1-8H3,(H2,16,17,18,19). The highest BCUT2D eigenvalue weighted by atomic mass is 31.2. The van der Waals surface area contributed by atoms with Gasteiger partial charge in [-0.1, -0.05) is 0 Å². The Hall–Kier alpha value is -0.890. The van der Waals surface area contributed by atoms with Crippen LogP contribution in [0.4, 0.5) is 5.95 Å². The Labute approximate surface area is 160 Å². The number of nitrogens with two attached hydrogens (primary N) is 1. The van der Waals surface area contributed by atoms with Crippen LogP contribution in [0.1, 0.15) is 55.4 Å². The summed E-state index contributed by atoms with van der Waals surface area (Å²) in [5.74, 6) is -0.296. The number of hydrogen-bond donors (Lipinski definition) is 1. The van der Waals surface area contributed by atoms with Gasteiger partial charge in [-0.05, 0) is 55.4 Å². The Morgan fingerprint density at radius 2 is 0.889 bits per heavy atom. The summed E-state index contributed by atoms with van der Waals surface area (Å²) in [6.45, 7) is 13.5. The number of hydrogen-bond acceptors (Lipinski definition) is 10. The Bertz CT molecular complexity index is 642. The molecule has 0 aliphatic heterocycles. The molecule has 0 aliphatic carbocycles. The van der Waals surface area contributed by atoms with Crippen LogP contribution in [0.15, 0.2) is 0 Å². The lowest BCUT2D eigenvalue weighted by Crippen LogP contribution is -2.32. The van der Waals surface area contributed by atoms with Gasteiger partial charge in [0.15, 0.2) is 0 Å². The van der Waals surface area contributed by atoms with E-state index in [-0.39, 0.29) is 17.1 Å². The molecular formula is C15H30N4O6P2. The Morgan fingerprint density at radius 3 is 1.11 bits per heavy atom. The highest BCUT2D eigenvalue weighted by molar-refractivity contribution is 7.63. The second-order valence-electron chi connectivity index (χ2n) is 6.91. The smallest absolute Gasteiger partial charge is 0.368 e. The molecule has 0 bridgehead atoms. The molecule has 0 atom stereocenters. The lowest BCUT2D eigenvalue weighted by molar-refractivity contribution is 0.149. The first-order valence-electron chi connectivity index (χ1n) is 8.73. The molecule has 1 aromatic heterocycles. The van der Waals surface area contributed by atoms with Gasteiger partial charge in [-0.3, -0.25) is 9.13 Å². The highest BCUT2D eigenvalue weighted by Crippen LogP contribution is 2.50. The number of rotatable bonds is 10. The van der Waals surface area contributed by atoms with E-state index < -0.39 is 39.6 Å². The molecule has 27 heavy (non-hydrogen) atoms. The van der Waals surface area contributed by atoms with Gasteiger partial charge in [-0.15, -0.1) is 0 Å². The molecule has 0 radical (unpaired) electrons. The van der Waals surface area contributed by atoms with E-state index in [0.29, 0.717) is 0 Å². The maximum absolute atomic E-state index is 13.3. The molecule has 0 saturated carbocycles. The largest absolute Gasteiger partial charge is 0.399 e. The molecular weight excluding hydrogens is 394 g/mol. The van der Waals surface area contributed by atoms with Crippen molar-refractivity contribution >= 4 is 32.3 Å². The average Bonchev–Trinajstić information content (AvgIpc) is 2.42. The maximum atomic E-state index is 13.3. The van der Waals surface area contributed by atoms with Gasteiger partial charge in [0.25, 0.3) is 0 Å². The SMILES string of the molecule is CC(C)OP(=O)(OC(C)C)c1nc(N)nc(P(=O)(OC(C)C)OC(C)C)n1. The number of nitrogens with zero attached hydrogens (tertiary/aromatic N) is 3. The van der Waals surface area contributed by atoms with Crippen LogP contribution in [-0.2, 0) is 27.2 Å². The normalized spacial score (nSPS) is 13.3. The molecule has 1 rings (SSSR count). The molecule has 0 unspecified atom stereocenters. The van der Waals surface area contributed by atoms with Crippen molar-refractivity contribution in [2.45, 2.75) is 79.8 Å². The number of nitrogen functional groups attached to an aromatic ring is 1. The van der Waals surface area contributed by atoms with Gasteiger partial charge in [-0.2, -0.15) is 15.0 Å². The third-order valence-electron chi connectivity index (χ3n) is 2.52. The molecule has 2 N–H and O–H groups in total. The quantitative estimate of drug-likeness (QED) is 0.558. The Balaban J connectivity index is 3.54. The summed E-state index contributed by atoms with van der Waals surface area (Å²) in [5.41, 5.74) is 5.07. The molecule has 0 aliphatic rings. The fourth-order valence-electron chi connectivity index (χ4n) is 1.96. The molecule has 0 aromatic carbocycles. The second-order valence-corrected chi connectivity index (χ2v) is 10.5. The van der Waals surface area contributed by atoms with Crippen LogP contribution in [0.25, 0.3) is 0 Å². The minimum absolute atomic E-state index is 0.296. The summed E-state index contributed by atoms with van der Waals surface area (Å²) in [7, 11) is -7.90. The zero-order valence-electron chi connectivity index (χ0n) is 17.1. The minimum atomic E-state index is -3.95. The summed E-state index contributed by atoms with van der Waals surface area (Å²) in [4.78, 5) is 11.8. The first-order valence-corrected chi connectivity index (χ1v) is 11.8. The Morgan fingerprint density at radius 1 is 0.630 bits per heavy atom. The van der Waals surface area contributed by atoms with Crippen molar-refractivity contribution in [3.05, 3.63) is 0 Å². The lowest BCUT2D eigenvalue weighted by Gasteiger charge is -2.24. The van der Waals surface area contributed by atoms with E-state index in [9.17, 15) is 9.13 Å². The predicted octanol–water partition coefficient (Wildman–Crippen LogP) is 2.79. The van der Waals surface area contributed by atoms with Crippen molar-refractivity contribution in [1.29, 1.82) is 0 Å². The van der Waals surface area contributed by atoms with Crippen LogP contribution < -0.4 is 16.9 Å². The van der Waals surface area contributed by atoms with Crippen LogP contribution in [0, 0.1) is 0 Å². The predicted molar refractivity (Wildman–Crippen MR) is 104 cm³/mol. The first kappa shape index (κ1) is 24.1. The summed E-state index contributed by atoms with van der Waals surface area (Å²) in [5, 5.41) is 0. The zero-order valence-corrected chi connectivity index (χ0v) is 18.9. The maximum Gasteiger partial charge on any atom is 0.399 e. The fourth-order valence-corrected chi connectivity index (χ4v) is 5.62. The van der Waals surface area contributed by atoms with Crippen molar-refractivity contribution in [2.75, 3.05) is 5.73 Å². The van der Waals surface area contributed by atoms with Crippen LogP contribution in [0.3, 0.4) is 0 Å². The van der Waals surface area contributed by atoms with Crippen molar-refractivity contribution < 1.29 is 27.2 Å². The Kier molecular flexibility index (Phi) is 8.53. The van der Waals surface area contributed by atoms with Crippen molar-refractivity contribution in [3.8, 4) is 0 Å². The van der Waals surface area contributed by atoms with E-state index in [4.69, 9.17) is 23.8 Å². The van der Waals surface area contributed by atoms with Gasteiger partial charge in [0.1, 0.15) is 0 Å². The third kappa shape index (κ3) is 7.22. The zero-order chi connectivity index (χ0) is 21.0. The third-order valence-corrected chi connectivity index (χ3v) is 6.69. The van der Waals surface area contributed by atoms with E-state index in [0.717, 1.165) is 0 Å². The monoisotopic (exact) mass is 424 g/mol. The van der Waals surface area contributed by atoms with Gasteiger partial charge in [0.2, 0.25) is 17.1 Å². The molecule has 0 fully saturated rings. The summed E-state index contributed by atoms with van der Waals surface area (Å²) in [6, 6.07) is 0. The van der Waals surface area contributed by atoms with E-state index in [1.54, 1.807) is 55.4 Å². The molecule has 1 heterocycles. The number of anilines is 1. The fraction of sp³-hybridized carbons (Fsp3) is 0.800. The highest BCUT2D eigenvalue weighted by Gasteiger charge is 2.40.